The molecule has 1 aliphatic heterocycles. The van der Waals surface area contributed by atoms with E-state index in [0.717, 1.165) is 36.8 Å². The summed E-state index contributed by atoms with van der Waals surface area (Å²) in [5, 5.41) is 2.94. The standard InChI is InChI=1S/C20H24FN3OS/c1-23-11-13-24(14-12-23)18-6-4-17(5-7-18)22-20(25)10-15-26-19-8-2-16(21)3-9-19/h2-9H,10-15H2,1H3,(H,22,25). The van der Waals surface area contributed by atoms with Crippen molar-refractivity contribution in [1.82, 2.24) is 4.90 Å². The zero-order valence-electron chi connectivity index (χ0n) is 15.0. The fraction of sp³-hybridized carbons (Fsp3) is 0.350. The Balaban J connectivity index is 1.43. The van der Waals surface area contributed by atoms with Crippen molar-refractivity contribution in [3.8, 4) is 0 Å². The average Bonchev–Trinajstić information content (AvgIpc) is 2.65. The van der Waals surface area contributed by atoms with Crippen LogP contribution in [-0.2, 0) is 4.79 Å². The minimum atomic E-state index is -0.243. The third-order valence-electron chi connectivity index (χ3n) is 4.43. The molecule has 1 N–H and O–H groups in total. The van der Waals surface area contributed by atoms with Gasteiger partial charge in [-0.05, 0) is 55.6 Å². The van der Waals surface area contributed by atoms with Gasteiger partial charge in [0, 0.05) is 54.6 Å². The van der Waals surface area contributed by atoms with Crippen LogP contribution in [0.3, 0.4) is 0 Å². The van der Waals surface area contributed by atoms with Gasteiger partial charge in [0.2, 0.25) is 5.91 Å². The van der Waals surface area contributed by atoms with Crippen LogP contribution in [0.5, 0.6) is 0 Å². The van der Waals surface area contributed by atoms with Gasteiger partial charge in [0.25, 0.3) is 0 Å². The molecule has 0 atom stereocenters. The molecule has 1 amide bonds. The fourth-order valence-electron chi connectivity index (χ4n) is 2.84. The molecule has 1 fully saturated rings. The molecule has 1 saturated heterocycles. The second-order valence-corrected chi connectivity index (χ2v) is 7.61. The number of rotatable bonds is 6. The lowest BCUT2D eigenvalue weighted by atomic mass is 10.2. The van der Waals surface area contributed by atoms with Gasteiger partial charge >= 0.3 is 0 Å². The van der Waals surface area contributed by atoms with Crippen molar-refractivity contribution < 1.29 is 9.18 Å². The van der Waals surface area contributed by atoms with Crippen LogP contribution in [0.25, 0.3) is 0 Å². The second-order valence-electron chi connectivity index (χ2n) is 6.44. The molecule has 1 aliphatic rings. The van der Waals surface area contributed by atoms with Crippen LogP contribution in [0.1, 0.15) is 6.42 Å². The van der Waals surface area contributed by atoms with Crippen molar-refractivity contribution in [2.75, 3.05) is 49.2 Å². The van der Waals surface area contributed by atoms with Gasteiger partial charge in [0.05, 0.1) is 0 Å². The molecule has 0 bridgehead atoms. The van der Waals surface area contributed by atoms with E-state index in [9.17, 15) is 9.18 Å². The van der Waals surface area contributed by atoms with Gasteiger partial charge in [-0.1, -0.05) is 0 Å². The van der Waals surface area contributed by atoms with E-state index < -0.39 is 0 Å². The topological polar surface area (TPSA) is 35.6 Å². The summed E-state index contributed by atoms with van der Waals surface area (Å²) >= 11 is 1.55. The molecular weight excluding hydrogens is 349 g/mol. The Bertz CT molecular complexity index is 713. The van der Waals surface area contributed by atoms with Crippen LogP contribution in [0.4, 0.5) is 15.8 Å². The minimum Gasteiger partial charge on any atom is -0.369 e. The molecular formula is C20H24FN3OS. The highest BCUT2D eigenvalue weighted by atomic mass is 32.2. The van der Waals surface area contributed by atoms with Crippen molar-refractivity contribution in [2.45, 2.75) is 11.3 Å². The maximum atomic E-state index is 12.9. The molecule has 0 unspecified atom stereocenters. The Kier molecular flexibility index (Phi) is 6.52. The van der Waals surface area contributed by atoms with Crippen LogP contribution >= 0.6 is 11.8 Å². The van der Waals surface area contributed by atoms with Gasteiger partial charge in [-0.25, -0.2) is 4.39 Å². The van der Waals surface area contributed by atoms with Gasteiger partial charge < -0.3 is 15.1 Å². The molecule has 0 saturated carbocycles. The summed E-state index contributed by atoms with van der Waals surface area (Å²) in [6.45, 7) is 4.21. The third-order valence-corrected chi connectivity index (χ3v) is 5.44. The number of hydrogen-bond acceptors (Lipinski definition) is 4. The Morgan fingerprint density at radius 3 is 2.35 bits per heavy atom. The van der Waals surface area contributed by atoms with Crippen molar-refractivity contribution in [2.24, 2.45) is 0 Å². The SMILES string of the molecule is CN1CCN(c2ccc(NC(=O)CCSc3ccc(F)cc3)cc2)CC1. The lowest BCUT2D eigenvalue weighted by molar-refractivity contribution is -0.115. The molecule has 4 nitrogen and oxygen atoms in total. The summed E-state index contributed by atoms with van der Waals surface area (Å²) in [5.41, 5.74) is 2.02. The number of benzene rings is 2. The number of anilines is 2. The van der Waals surface area contributed by atoms with Crippen LogP contribution in [0, 0.1) is 5.82 Å². The molecule has 0 aliphatic carbocycles. The number of piperazine rings is 1. The quantitative estimate of drug-likeness (QED) is 0.783. The molecule has 1 heterocycles. The van der Waals surface area contributed by atoms with Gasteiger partial charge in [-0.2, -0.15) is 0 Å². The zero-order chi connectivity index (χ0) is 18.4. The number of nitrogens with zero attached hydrogens (tertiary/aromatic N) is 2. The van der Waals surface area contributed by atoms with Gasteiger partial charge in [0.15, 0.2) is 0 Å². The molecule has 0 aromatic heterocycles. The van der Waals surface area contributed by atoms with Gasteiger partial charge in [-0.15, -0.1) is 11.8 Å². The van der Waals surface area contributed by atoms with Crippen LogP contribution in [0.15, 0.2) is 53.4 Å². The average molecular weight is 373 g/mol. The lowest BCUT2D eigenvalue weighted by Crippen LogP contribution is -2.44. The number of carbonyl (C=O) groups is 1. The number of amides is 1. The molecule has 138 valence electrons. The molecule has 2 aromatic rings. The number of likely N-dealkylation sites (N-methyl/N-ethyl adjacent to an activating group) is 1. The summed E-state index contributed by atoms with van der Waals surface area (Å²) in [4.78, 5) is 17.7. The van der Waals surface area contributed by atoms with E-state index in [1.54, 1.807) is 23.9 Å². The highest BCUT2D eigenvalue weighted by molar-refractivity contribution is 7.99. The van der Waals surface area contributed by atoms with E-state index in [1.807, 2.05) is 12.1 Å². The van der Waals surface area contributed by atoms with Gasteiger partial charge in [-0.3, -0.25) is 4.79 Å². The summed E-state index contributed by atoms with van der Waals surface area (Å²) in [6.07, 6.45) is 0.419. The van der Waals surface area contributed by atoms with E-state index >= 15 is 0 Å². The van der Waals surface area contributed by atoms with Crippen molar-refractivity contribution in [3.05, 3.63) is 54.3 Å². The summed E-state index contributed by atoms with van der Waals surface area (Å²) < 4.78 is 12.9. The number of nitrogens with one attached hydrogen (secondary N) is 1. The van der Waals surface area contributed by atoms with Crippen molar-refractivity contribution in [1.29, 1.82) is 0 Å². The van der Waals surface area contributed by atoms with Gasteiger partial charge in [0.1, 0.15) is 5.82 Å². The lowest BCUT2D eigenvalue weighted by Gasteiger charge is -2.34. The minimum absolute atomic E-state index is 0.00745. The number of hydrogen-bond donors (Lipinski definition) is 1. The number of halogens is 1. The summed E-state index contributed by atoms with van der Waals surface area (Å²) in [6, 6.07) is 14.4. The van der Waals surface area contributed by atoms with Crippen molar-refractivity contribution in [3.63, 3.8) is 0 Å². The van der Waals surface area contributed by atoms with E-state index in [-0.39, 0.29) is 11.7 Å². The zero-order valence-corrected chi connectivity index (χ0v) is 15.8. The van der Waals surface area contributed by atoms with E-state index in [1.165, 1.54) is 17.8 Å². The normalized spacial score (nSPS) is 15.1. The molecule has 6 heteroatoms. The Labute approximate surface area is 158 Å². The maximum absolute atomic E-state index is 12.9. The Morgan fingerprint density at radius 2 is 1.69 bits per heavy atom. The smallest absolute Gasteiger partial charge is 0.225 e. The van der Waals surface area contributed by atoms with Crippen LogP contribution in [0.2, 0.25) is 0 Å². The highest BCUT2D eigenvalue weighted by Crippen LogP contribution is 2.21. The van der Waals surface area contributed by atoms with E-state index in [2.05, 4.69) is 34.3 Å². The van der Waals surface area contributed by atoms with Crippen molar-refractivity contribution >= 4 is 29.0 Å². The second kappa shape index (κ2) is 9.05. The molecule has 0 spiro atoms. The molecule has 3 rings (SSSR count). The third kappa shape index (κ3) is 5.47. The molecule has 0 radical (unpaired) electrons. The van der Waals surface area contributed by atoms with Crippen LogP contribution < -0.4 is 10.2 Å². The predicted molar refractivity (Wildman–Crippen MR) is 107 cm³/mol. The first kappa shape index (κ1) is 18.7. The number of thioether (sulfide) groups is 1. The number of carbonyl (C=O) groups excluding carboxylic acids is 1. The fourth-order valence-corrected chi connectivity index (χ4v) is 3.69. The first-order chi connectivity index (χ1) is 12.6. The first-order valence-electron chi connectivity index (χ1n) is 8.82. The maximum Gasteiger partial charge on any atom is 0.225 e. The monoisotopic (exact) mass is 373 g/mol. The Morgan fingerprint density at radius 1 is 1.04 bits per heavy atom. The first-order valence-corrected chi connectivity index (χ1v) is 9.80. The highest BCUT2D eigenvalue weighted by Gasteiger charge is 2.14. The molecule has 26 heavy (non-hydrogen) atoms. The van der Waals surface area contributed by atoms with E-state index in [4.69, 9.17) is 0 Å². The largest absolute Gasteiger partial charge is 0.369 e. The molecule has 2 aromatic carbocycles. The van der Waals surface area contributed by atoms with E-state index in [0.29, 0.717) is 12.2 Å². The summed E-state index contributed by atoms with van der Waals surface area (Å²) in [5.74, 6) is 0.413. The predicted octanol–water partition coefficient (Wildman–Crippen LogP) is 3.70. The van der Waals surface area contributed by atoms with Crippen LogP contribution in [-0.4, -0.2) is 49.8 Å². The Hall–Kier alpha value is -2.05. The summed E-state index contributed by atoms with van der Waals surface area (Å²) in [7, 11) is 2.14.